The monoisotopic (exact) mass is 247 g/mol. The van der Waals surface area contributed by atoms with Crippen molar-refractivity contribution >= 4 is 11.6 Å². The van der Waals surface area contributed by atoms with E-state index in [1.54, 1.807) is 0 Å². The molecule has 0 aliphatic rings. The van der Waals surface area contributed by atoms with Gasteiger partial charge in [0.25, 0.3) is 0 Å². The van der Waals surface area contributed by atoms with E-state index in [0.29, 0.717) is 6.42 Å². The van der Waals surface area contributed by atoms with Crippen LogP contribution in [-0.4, -0.2) is 28.5 Å². The van der Waals surface area contributed by atoms with Crippen molar-refractivity contribution in [2.45, 2.75) is 26.3 Å². The number of hydrogen-bond donors (Lipinski definition) is 1. The van der Waals surface area contributed by atoms with E-state index in [4.69, 9.17) is 5.73 Å². The van der Waals surface area contributed by atoms with Crippen LogP contribution in [0.4, 0.5) is 0 Å². The van der Waals surface area contributed by atoms with Gasteiger partial charge in [-0.1, -0.05) is 6.07 Å². The third-order valence-electron chi connectivity index (χ3n) is 2.98. The van der Waals surface area contributed by atoms with Crippen LogP contribution < -0.4 is 5.73 Å². The van der Waals surface area contributed by atoms with Crippen LogP contribution in [0, 0.1) is 13.8 Å². The van der Waals surface area contributed by atoms with Crippen molar-refractivity contribution in [3.05, 3.63) is 35.3 Å². The molecule has 0 fully saturated rings. The van der Waals surface area contributed by atoms with E-state index < -0.39 is 12.0 Å². The lowest BCUT2D eigenvalue weighted by atomic mass is 10.1. The fraction of sp³-hybridized carbons (Fsp3) is 0.385. The number of hydrogen-bond acceptors (Lipinski definition) is 4. The summed E-state index contributed by atoms with van der Waals surface area (Å²) < 4.78 is 6.62. The highest BCUT2D eigenvalue weighted by atomic mass is 16.5. The Kier molecular flexibility index (Phi) is 3.34. The zero-order valence-electron chi connectivity index (χ0n) is 10.8. The van der Waals surface area contributed by atoms with Crippen molar-refractivity contribution in [3.8, 4) is 0 Å². The van der Waals surface area contributed by atoms with Crippen molar-refractivity contribution in [2.75, 3.05) is 7.11 Å². The average molecular weight is 247 g/mol. The molecule has 0 aromatic carbocycles. The number of nitrogens with two attached hydrogens (primary N) is 1. The van der Waals surface area contributed by atoms with Crippen LogP contribution in [0.5, 0.6) is 0 Å². The predicted molar refractivity (Wildman–Crippen MR) is 68.4 cm³/mol. The number of nitrogens with zero attached hydrogens (tertiary/aromatic N) is 2. The number of methoxy groups -OCH3 is 1. The zero-order valence-corrected chi connectivity index (χ0v) is 10.8. The molecule has 0 saturated carbocycles. The number of carbonyl (C=O) groups is 1. The molecule has 5 heteroatoms. The normalized spacial score (nSPS) is 12.7. The highest BCUT2D eigenvalue weighted by molar-refractivity contribution is 5.75. The number of ether oxygens (including phenoxy) is 1. The van der Waals surface area contributed by atoms with Gasteiger partial charge in [-0.2, -0.15) is 0 Å². The Morgan fingerprint density at radius 3 is 2.89 bits per heavy atom. The second-order valence-electron chi connectivity index (χ2n) is 4.41. The van der Waals surface area contributed by atoms with Crippen LogP contribution in [0.1, 0.15) is 17.0 Å². The summed E-state index contributed by atoms with van der Waals surface area (Å²) in [5.74, 6) is -0.406. The first-order chi connectivity index (χ1) is 8.52. The number of aryl methyl sites for hydroxylation is 2. The van der Waals surface area contributed by atoms with E-state index in [9.17, 15) is 4.79 Å². The first-order valence-corrected chi connectivity index (χ1v) is 5.80. The molecule has 2 rings (SSSR count). The van der Waals surface area contributed by atoms with Gasteiger partial charge in [-0.05, 0) is 25.5 Å². The topological polar surface area (TPSA) is 69.6 Å². The van der Waals surface area contributed by atoms with Crippen LogP contribution in [-0.2, 0) is 16.0 Å². The van der Waals surface area contributed by atoms with E-state index >= 15 is 0 Å². The molecule has 18 heavy (non-hydrogen) atoms. The highest BCUT2D eigenvalue weighted by Crippen LogP contribution is 2.15. The fourth-order valence-corrected chi connectivity index (χ4v) is 2.01. The molecule has 0 spiro atoms. The van der Waals surface area contributed by atoms with E-state index in [0.717, 1.165) is 22.6 Å². The van der Waals surface area contributed by atoms with E-state index in [-0.39, 0.29) is 0 Å². The van der Waals surface area contributed by atoms with Crippen LogP contribution in [0.2, 0.25) is 0 Å². The second kappa shape index (κ2) is 4.78. The molecule has 0 amide bonds. The molecule has 1 unspecified atom stereocenters. The summed E-state index contributed by atoms with van der Waals surface area (Å²) in [7, 11) is 1.34. The Balaban J connectivity index is 2.40. The van der Waals surface area contributed by atoms with Crippen LogP contribution in [0.3, 0.4) is 0 Å². The van der Waals surface area contributed by atoms with Gasteiger partial charge in [-0.3, -0.25) is 4.79 Å². The number of pyridine rings is 1. The predicted octanol–water partition coefficient (Wildman–Crippen LogP) is 0.994. The Hall–Kier alpha value is -1.88. The maximum absolute atomic E-state index is 11.4. The lowest BCUT2D eigenvalue weighted by Crippen LogP contribution is -2.34. The SMILES string of the molecule is COC(=O)C(N)Cc1c(C)nc2ccc(C)cn12. The van der Waals surface area contributed by atoms with Crippen molar-refractivity contribution in [1.82, 2.24) is 9.38 Å². The fourth-order valence-electron chi connectivity index (χ4n) is 2.01. The minimum Gasteiger partial charge on any atom is -0.468 e. The smallest absolute Gasteiger partial charge is 0.323 e. The second-order valence-corrected chi connectivity index (χ2v) is 4.41. The van der Waals surface area contributed by atoms with Gasteiger partial charge >= 0.3 is 5.97 Å². The number of aromatic nitrogens is 2. The minimum atomic E-state index is -0.658. The summed E-state index contributed by atoms with van der Waals surface area (Å²) in [5, 5.41) is 0. The lowest BCUT2D eigenvalue weighted by Gasteiger charge is -2.10. The molecular formula is C13H17N3O2. The van der Waals surface area contributed by atoms with Crippen LogP contribution in [0.25, 0.3) is 5.65 Å². The summed E-state index contributed by atoms with van der Waals surface area (Å²) in [6, 6.07) is 3.30. The number of carbonyl (C=O) groups excluding carboxylic acids is 1. The zero-order chi connectivity index (χ0) is 13.3. The maximum atomic E-state index is 11.4. The van der Waals surface area contributed by atoms with Gasteiger partial charge in [0.05, 0.1) is 12.8 Å². The Bertz CT molecular complexity index is 589. The molecular weight excluding hydrogens is 230 g/mol. The van der Waals surface area contributed by atoms with Gasteiger partial charge in [0.1, 0.15) is 11.7 Å². The molecule has 96 valence electrons. The number of esters is 1. The summed E-state index contributed by atoms with van der Waals surface area (Å²) in [5.41, 5.74) is 9.64. The van der Waals surface area contributed by atoms with Crippen molar-refractivity contribution < 1.29 is 9.53 Å². The first-order valence-electron chi connectivity index (χ1n) is 5.80. The molecule has 2 N–H and O–H groups in total. The summed E-state index contributed by atoms with van der Waals surface area (Å²) in [4.78, 5) is 15.8. The number of imidazole rings is 1. The van der Waals surface area contributed by atoms with Gasteiger partial charge < -0.3 is 14.9 Å². The standard InChI is InChI=1S/C13H17N3O2/c1-8-4-5-12-15-9(2)11(16(12)7-8)6-10(14)13(17)18-3/h4-5,7,10H,6,14H2,1-3H3. The van der Waals surface area contributed by atoms with Crippen LogP contribution in [0.15, 0.2) is 18.3 Å². The molecule has 2 aromatic heterocycles. The molecule has 0 aliphatic heterocycles. The molecule has 0 aliphatic carbocycles. The molecule has 5 nitrogen and oxygen atoms in total. The first kappa shape index (κ1) is 12.6. The Morgan fingerprint density at radius 1 is 1.50 bits per heavy atom. The number of fused-ring (bicyclic) bond motifs is 1. The molecule has 0 saturated heterocycles. The van der Waals surface area contributed by atoms with Crippen molar-refractivity contribution in [2.24, 2.45) is 5.73 Å². The summed E-state index contributed by atoms with van der Waals surface area (Å²) in [6.07, 6.45) is 2.41. The van der Waals surface area contributed by atoms with Gasteiger partial charge in [-0.15, -0.1) is 0 Å². The van der Waals surface area contributed by atoms with Gasteiger partial charge in [0.15, 0.2) is 0 Å². The lowest BCUT2D eigenvalue weighted by molar-refractivity contribution is -0.142. The third-order valence-corrected chi connectivity index (χ3v) is 2.98. The molecule has 0 bridgehead atoms. The summed E-state index contributed by atoms with van der Waals surface area (Å²) in [6.45, 7) is 3.93. The van der Waals surface area contributed by atoms with E-state index in [2.05, 4.69) is 9.72 Å². The molecule has 2 aromatic rings. The molecule has 0 radical (unpaired) electrons. The van der Waals surface area contributed by atoms with E-state index in [1.807, 2.05) is 36.6 Å². The quantitative estimate of drug-likeness (QED) is 0.821. The largest absolute Gasteiger partial charge is 0.468 e. The average Bonchev–Trinajstić information content (AvgIpc) is 2.65. The highest BCUT2D eigenvalue weighted by Gasteiger charge is 2.18. The van der Waals surface area contributed by atoms with Crippen LogP contribution >= 0.6 is 0 Å². The number of rotatable bonds is 3. The van der Waals surface area contributed by atoms with E-state index in [1.165, 1.54) is 7.11 Å². The van der Waals surface area contributed by atoms with Crippen molar-refractivity contribution in [1.29, 1.82) is 0 Å². The maximum Gasteiger partial charge on any atom is 0.323 e. The summed E-state index contributed by atoms with van der Waals surface area (Å²) >= 11 is 0. The van der Waals surface area contributed by atoms with Crippen molar-refractivity contribution in [3.63, 3.8) is 0 Å². The minimum absolute atomic E-state index is 0.406. The van der Waals surface area contributed by atoms with Gasteiger partial charge in [-0.25, -0.2) is 4.98 Å². The Morgan fingerprint density at radius 2 is 2.22 bits per heavy atom. The Labute approximate surface area is 106 Å². The third kappa shape index (κ3) is 2.22. The molecule has 2 heterocycles. The van der Waals surface area contributed by atoms with Gasteiger partial charge in [0.2, 0.25) is 0 Å². The molecule has 1 atom stereocenters. The van der Waals surface area contributed by atoms with Gasteiger partial charge in [0, 0.05) is 18.3 Å².